The molecule has 0 radical (unpaired) electrons. The summed E-state index contributed by atoms with van der Waals surface area (Å²) in [5, 5.41) is 3.13. The molecular weight excluding hydrogens is 246 g/mol. The monoisotopic (exact) mass is 267 g/mol. The van der Waals surface area contributed by atoms with Crippen LogP contribution in [0.3, 0.4) is 0 Å². The van der Waals surface area contributed by atoms with Crippen LogP contribution in [0.5, 0.6) is 0 Å². The molecule has 1 N–H and O–H groups in total. The average molecular weight is 267 g/mol. The van der Waals surface area contributed by atoms with Crippen LogP contribution in [0.4, 0.5) is 0 Å². The third-order valence-electron chi connectivity index (χ3n) is 3.75. The fourth-order valence-electron chi connectivity index (χ4n) is 2.51. The Hall–Kier alpha value is -0.870. The van der Waals surface area contributed by atoms with E-state index in [1.54, 1.807) is 6.92 Å². The second-order valence-corrected chi connectivity index (χ2v) is 7.76. The quantitative estimate of drug-likeness (QED) is 0.848. The van der Waals surface area contributed by atoms with Crippen LogP contribution in [0.25, 0.3) is 0 Å². The van der Waals surface area contributed by atoms with Gasteiger partial charge in [0.2, 0.25) is 0 Å². The standard InChI is InChI=1S/C14H21NO2S/c1-10-4-5-13(11(2)8-10)14-9-18(16,17)12(3)6-7-15-14/h4-5,8,12,14-15H,6-7,9H2,1-3H3. The van der Waals surface area contributed by atoms with Gasteiger partial charge in [-0.2, -0.15) is 0 Å². The van der Waals surface area contributed by atoms with E-state index in [9.17, 15) is 8.42 Å². The summed E-state index contributed by atoms with van der Waals surface area (Å²) in [6, 6.07) is 6.14. The molecule has 0 aromatic heterocycles. The molecule has 1 aromatic rings. The zero-order valence-electron chi connectivity index (χ0n) is 11.2. The Balaban J connectivity index is 2.33. The minimum Gasteiger partial charge on any atom is -0.309 e. The SMILES string of the molecule is Cc1ccc(C2CS(=O)(=O)C(C)CCN2)c(C)c1. The van der Waals surface area contributed by atoms with Crippen molar-refractivity contribution in [2.45, 2.75) is 38.5 Å². The van der Waals surface area contributed by atoms with Gasteiger partial charge in [-0.1, -0.05) is 23.8 Å². The molecule has 0 saturated carbocycles. The summed E-state index contributed by atoms with van der Waals surface area (Å²) in [5.74, 6) is 0.206. The van der Waals surface area contributed by atoms with E-state index in [2.05, 4.69) is 18.3 Å². The van der Waals surface area contributed by atoms with Gasteiger partial charge in [0.1, 0.15) is 0 Å². The lowest BCUT2D eigenvalue weighted by Crippen LogP contribution is -2.26. The van der Waals surface area contributed by atoms with Crippen LogP contribution in [0.15, 0.2) is 18.2 Å². The molecular formula is C14H21NO2S. The van der Waals surface area contributed by atoms with Crippen LogP contribution >= 0.6 is 0 Å². The van der Waals surface area contributed by atoms with Crippen LogP contribution in [0.2, 0.25) is 0 Å². The van der Waals surface area contributed by atoms with E-state index in [1.807, 2.05) is 19.1 Å². The van der Waals surface area contributed by atoms with E-state index in [4.69, 9.17) is 0 Å². The molecule has 1 saturated heterocycles. The first-order chi connectivity index (χ1) is 8.40. The van der Waals surface area contributed by atoms with Crippen molar-refractivity contribution in [3.05, 3.63) is 34.9 Å². The molecule has 0 bridgehead atoms. The van der Waals surface area contributed by atoms with Gasteiger partial charge < -0.3 is 5.32 Å². The highest BCUT2D eigenvalue weighted by molar-refractivity contribution is 7.92. The molecule has 0 amide bonds. The highest BCUT2D eigenvalue weighted by atomic mass is 32.2. The van der Waals surface area contributed by atoms with E-state index < -0.39 is 9.84 Å². The van der Waals surface area contributed by atoms with Gasteiger partial charge in [0.25, 0.3) is 0 Å². The largest absolute Gasteiger partial charge is 0.309 e. The average Bonchev–Trinajstić information content (AvgIpc) is 2.39. The number of sulfone groups is 1. The summed E-state index contributed by atoms with van der Waals surface area (Å²) in [6.07, 6.45) is 0.698. The number of nitrogens with one attached hydrogen (secondary N) is 1. The van der Waals surface area contributed by atoms with Crippen LogP contribution in [0, 0.1) is 13.8 Å². The normalized spacial score (nSPS) is 27.7. The zero-order valence-corrected chi connectivity index (χ0v) is 12.0. The highest BCUT2D eigenvalue weighted by Crippen LogP contribution is 2.24. The molecule has 2 atom stereocenters. The van der Waals surface area contributed by atoms with Crippen molar-refractivity contribution in [2.75, 3.05) is 12.3 Å². The molecule has 2 rings (SSSR count). The summed E-state index contributed by atoms with van der Waals surface area (Å²) in [7, 11) is -2.98. The van der Waals surface area contributed by atoms with E-state index >= 15 is 0 Å². The molecule has 0 aliphatic carbocycles. The maximum Gasteiger partial charge on any atom is 0.154 e. The van der Waals surface area contributed by atoms with Crippen molar-refractivity contribution >= 4 is 9.84 Å². The van der Waals surface area contributed by atoms with Crippen molar-refractivity contribution < 1.29 is 8.42 Å². The van der Waals surface area contributed by atoms with E-state index in [0.717, 1.165) is 17.7 Å². The summed E-state index contributed by atoms with van der Waals surface area (Å²) in [6.45, 7) is 6.67. The van der Waals surface area contributed by atoms with Crippen LogP contribution < -0.4 is 5.32 Å². The maximum absolute atomic E-state index is 12.1. The van der Waals surface area contributed by atoms with Crippen LogP contribution in [-0.4, -0.2) is 26.0 Å². The van der Waals surface area contributed by atoms with E-state index in [1.165, 1.54) is 5.56 Å². The molecule has 1 fully saturated rings. The van der Waals surface area contributed by atoms with Gasteiger partial charge in [-0.15, -0.1) is 0 Å². The first-order valence-corrected chi connectivity index (χ1v) is 8.14. The summed E-state index contributed by atoms with van der Waals surface area (Å²) in [5.41, 5.74) is 3.48. The van der Waals surface area contributed by atoms with Crippen LogP contribution in [-0.2, 0) is 9.84 Å². The first-order valence-electron chi connectivity index (χ1n) is 6.42. The van der Waals surface area contributed by atoms with Gasteiger partial charge in [-0.05, 0) is 44.9 Å². The Morgan fingerprint density at radius 2 is 2.00 bits per heavy atom. The highest BCUT2D eigenvalue weighted by Gasteiger charge is 2.29. The molecule has 18 heavy (non-hydrogen) atoms. The Kier molecular flexibility index (Phi) is 3.78. The van der Waals surface area contributed by atoms with Gasteiger partial charge in [0.15, 0.2) is 9.84 Å². The molecule has 1 aliphatic rings. The van der Waals surface area contributed by atoms with Crippen molar-refractivity contribution in [2.24, 2.45) is 0 Å². The predicted molar refractivity (Wildman–Crippen MR) is 74.5 cm³/mol. The minimum atomic E-state index is -2.98. The Morgan fingerprint density at radius 1 is 1.28 bits per heavy atom. The van der Waals surface area contributed by atoms with Crippen molar-refractivity contribution in [1.82, 2.24) is 5.32 Å². The van der Waals surface area contributed by atoms with E-state index in [0.29, 0.717) is 6.42 Å². The number of hydrogen-bond donors (Lipinski definition) is 1. The molecule has 100 valence electrons. The van der Waals surface area contributed by atoms with Gasteiger partial charge in [0.05, 0.1) is 11.0 Å². The molecule has 1 aliphatic heterocycles. The lowest BCUT2D eigenvalue weighted by atomic mass is 10.00. The molecule has 1 heterocycles. The topological polar surface area (TPSA) is 46.2 Å². The van der Waals surface area contributed by atoms with Gasteiger partial charge in [0, 0.05) is 6.04 Å². The Labute approximate surface area is 110 Å². The fraction of sp³-hybridized carbons (Fsp3) is 0.571. The second kappa shape index (κ2) is 5.02. The summed E-state index contributed by atoms with van der Waals surface area (Å²) in [4.78, 5) is 0. The van der Waals surface area contributed by atoms with Gasteiger partial charge in [-0.25, -0.2) is 8.42 Å². The van der Waals surface area contributed by atoms with Crippen LogP contribution in [0.1, 0.15) is 36.1 Å². The first kappa shape index (κ1) is 13.6. The molecule has 3 nitrogen and oxygen atoms in total. The van der Waals surface area contributed by atoms with Crippen molar-refractivity contribution in [3.8, 4) is 0 Å². The molecule has 2 unspecified atom stereocenters. The molecule has 4 heteroatoms. The van der Waals surface area contributed by atoms with Gasteiger partial charge >= 0.3 is 0 Å². The zero-order chi connectivity index (χ0) is 13.3. The fourth-order valence-corrected chi connectivity index (χ4v) is 4.08. The lowest BCUT2D eigenvalue weighted by Gasteiger charge is -2.18. The number of aryl methyl sites for hydroxylation is 2. The third-order valence-corrected chi connectivity index (χ3v) is 6.01. The third kappa shape index (κ3) is 2.75. The Morgan fingerprint density at radius 3 is 2.67 bits per heavy atom. The summed E-state index contributed by atoms with van der Waals surface area (Å²) < 4.78 is 24.2. The van der Waals surface area contributed by atoms with Crippen molar-refractivity contribution in [1.29, 1.82) is 0 Å². The number of hydrogen-bond acceptors (Lipinski definition) is 3. The van der Waals surface area contributed by atoms with Gasteiger partial charge in [-0.3, -0.25) is 0 Å². The molecule has 0 spiro atoms. The lowest BCUT2D eigenvalue weighted by molar-refractivity contribution is 0.570. The second-order valence-electron chi connectivity index (χ2n) is 5.30. The minimum absolute atomic E-state index is 0.0689. The number of benzene rings is 1. The smallest absolute Gasteiger partial charge is 0.154 e. The maximum atomic E-state index is 12.1. The number of rotatable bonds is 1. The predicted octanol–water partition coefficient (Wildman–Crippen LogP) is 2.14. The summed E-state index contributed by atoms with van der Waals surface area (Å²) >= 11 is 0. The Bertz CT molecular complexity index is 537. The van der Waals surface area contributed by atoms with E-state index in [-0.39, 0.29) is 17.0 Å². The molecule has 1 aromatic carbocycles. The van der Waals surface area contributed by atoms with Crippen molar-refractivity contribution in [3.63, 3.8) is 0 Å².